The van der Waals surface area contributed by atoms with Gasteiger partial charge in [-0.25, -0.2) is 0 Å². The van der Waals surface area contributed by atoms with Gasteiger partial charge in [0.2, 0.25) is 17.7 Å². The number of amides is 3. The highest BCUT2D eigenvalue weighted by Gasteiger charge is 2.36. The number of rotatable bonds is 2. The van der Waals surface area contributed by atoms with E-state index in [4.69, 9.17) is 0 Å². The van der Waals surface area contributed by atoms with Gasteiger partial charge in [0.15, 0.2) is 0 Å². The van der Waals surface area contributed by atoms with Crippen LogP contribution in [0.1, 0.15) is 57.8 Å². The van der Waals surface area contributed by atoms with E-state index in [0.717, 1.165) is 12.8 Å². The second kappa shape index (κ2) is 7.99. The molecule has 1 atom stereocenters. The Morgan fingerprint density at radius 2 is 1.71 bits per heavy atom. The SMILES string of the molecule is O=C1CCN(C(=O)[C@H]2CCC(=O)N(C3CCCCCC3)C2)CCN1. The van der Waals surface area contributed by atoms with Gasteiger partial charge in [0.25, 0.3) is 0 Å². The molecule has 2 aliphatic heterocycles. The third-order valence-corrected chi connectivity index (χ3v) is 5.68. The van der Waals surface area contributed by atoms with Crippen molar-refractivity contribution < 1.29 is 14.4 Å². The second-order valence-electron chi connectivity index (χ2n) is 7.35. The van der Waals surface area contributed by atoms with Gasteiger partial charge in [-0.1, -0.05) is 25.7 Å². The Morgan fingerprint density at radius 1 is 0.958 bits per heavy atom. The smallest absolute Gasteiger partial charge is 0.227 e. The zero-order valence-corrected chi connectivity index (χ0v) is 14.5. The number of hydrogen-bond donors (Lipinski definition) is 1. The summed E-state index contributed by atoms with van der Waals surface area (Å²) >= 11 is 0. The summed E-state index contributed by atoms with van der Waals surface area (Å²) in [6.45, 7) is 2.18. The third-order valence-electron chi connectivity index (χ3n) is 5.68. The number of likely N-dealkylation sites (tertiary alicyclic amines) is 1. The van der Waals surface area contributed by atoms with Gasteiger partial charge >= 0.3 is 0 Å². The maximum atomic E-state index is 12.9. The van der Waals surface area contributed by atoms with Crippen LogP contribution in [0.5, 0.6) is 0 Å². The van der Waals surface area contributed by atoms with Gasteiger partial charge in [-0.15, -0.1) is 0 Å². The van der Waals surface area contributed by atoms with Crippen LogP contribution in [0.2, 0.25) is 0 Å². The molecule has 3 fully saturated rings. The van der Waals surface area contributed by atoms with E-state index in [1.54, 1.807) is 0 Å². The highest BCUT2D eigenvalue weighted by Crippen LogP contribution is 2.28. The van der Waals surface area contributed by atoms with Gasteiger partial charge in [-0.05, 0) is 19.3 Å². The molecule has 0 spiro atoms. The molecule has 0 aromatic carbocycles. The van der Waals surface area contributed by atoms with Crippen molar-refractivity contribution in [1.29, 1.82) is 0 Å². The zero-order valence-electron chi connectivity index (χ0n) is 14.5. The summed E-state index contributed by atoms with van der Waals surface area (Å²) in [6.07, 6.45) is 8.56. The minimum absolute atomic E-state index is 0.0178. The molecule has 6 nitrogen and oxygen atoms in total. The van der Waals surface area contributed by atoms with E-state index in [1.807, 2.05) is 9.80 Å². The average Bonchev–Trinajstić information content (AvgIpc) is 2.97. The standard InChI is InChI=1S/C18H29N3O3/c22-16-9-11-20(12-10-19-16)18(24)14-7-8-17(23)21(13-14)15-5-3-1-2-4-6-15/h14-15H,1-13H2,(H,19,22)/t14-/m0/s1. The topological polar surface area (TPSA) is 69.7 Å². The van der Waals surface area contributed by atoms with E-state index in [1.165, 1.54) is 25.7 Å². The van der Waals surface area contributed by atoms with Crippen molar-refractivity contribution in [2.24, 2.45) is 5.92 Å². The normalized spacial score (nSPS) is 27.4. The molecule has 1 saturated carbocycles. The minimum atomic E-state index is -0.0980. The van der Waals surface area contributed by atoms with E-state index in [-0.39, 0.29) is 23.6 Å². The molecule has 2 heterocycles. The van der Waals surface area contributed by atoms with E-state index in [0.29, 0.717) is 51.5 Å². The molecule has 24 heavy (non-hydrogen) atoms. The maximum absolute atomic E-state index is 12.9. The predicted molar refractivity (Wildman–Crippen MR) is 90.1 cm³/mol. The van der Waals surface area contributed by atoms with Crippen LogP contribution in [0.15, 0.2) is 0 Å². The van der Waals surface area contributed by atoms with Crippen molar-refractivity contribution in [2.75, 3.05) is 26.2 Å². The van der Waals surface area contributed by atoms with Gasteiger partial charge in [-0.3, -0.25) is 14.4 Å². The van der Waals surface area contributed by atoms with Crippen molar-refractivity contribution in [3.8, 4) is 0 Å². The summed E-state index contributed by atoms with van der Waals surface area (Å²) in [5, 5.41) is 2.81. The molecule has 1 N–H and O–H groups in total. The van der Waals surface area contributed by atoms with Crippen LogP contribution in [0, 0.1) is 5.92 Å². The fourth-order valence-electron chi connectivity index (χ4n) is 4.24. The van der Waals surface area contributed by atoms with Crippen molar-refractivity contribution in [3.05, 3.63) is 0 Å². The van der Waals surface area contributed by atoms with Gasteiger partial charge < -0.3 is 15.1 Å². The molecule has 0 bridgehead atoms. The summed E-state index contributed by atoms with van der Waals surface area (Å²) in [5.74, 6) is 0.264. The fraction of sp³-hybridized carbons (Fsp3) is 0.833. The van der Waals surface area contributed by atoms with E-state index in [9.17, 15) is 14.4 Å². The fourth-order valence-corrected chi connectivity index (χ4v) is 4.24. The van der Waals surface area contributed by atoms with Gasteiger partial charge in [0, 0.05) is 45.1 Å². The Kier molecular flexibility index (Phi) is 5.74. The molecular weight excluding hydrogens is 306 g/mol. The molecule has 0 aromatic heterocycles. The molecule has 6 heteroatoms. The monoisotopic (exact) mass is 335 g/mol. The largest absolute Gasteiger partial charge is 0.354 e. The first kappa shape index (κ1) is 17.2. The number of nitrogens with one attached hydrogen (secondary N) is 1. The Bertz CT molecular complexity index is 486. The lowest BCUT2D eigenvalue weighted by Crippen LogP contribution is -2.51. The molecule has 2 saturated heterocycles. The van der Waals surface area contributed by atoms with E-state index in [2.05, 4.69) is 5.32 Å². The lowest BCUT2D eigenvalue weighted by atomic mass is 9.93. The Hall–Kier alpha value is -1.59. The molecule has 3 rings (SSSR count). The first-order valence-corrected chi connectivity index (χ1v) is 9.50. The lowest BCUT2D eigenvalue weighted by molar-refractivity contribution is -0.145. The Balaban J connectivity index is 1.62. The van der Waals surface area contributed by atoms with E-state index >= 15 is 0 Å². The average molecular weight is 335 g/mol. The number of nitrogens with zero attached hydrogens (tertiary/aromatic N) is 2. The van der Waals surface area contributed by atoms with Crippen molar-refractivity contribution in [2.45, 2.75) is 63.8 Å². The summed E-state index contributed by atoms with van der Waals surface area (Å²) in [5.41, 5.74) is 0. The molecule has 0 radical (unpaired) electrons. The van der Waals surface area contributed by atoms with Crippen LogP contribution in [0.25, 0.3) is 0 Å². The Morgan fingerprint density at radius 3 is 2.46 bits per heavy atom. The van der Waals surface area contributed by atoms with Gasteiger partial charge in [0.05, 0.1) is 5.92 Å². The van der Waals surface area contributed by atoms with Gasteiger partial charge in [-0.2, -0.15) is 0 Å². The first-order chi connectivity index (χ1) is 11.6. The second-order valence-corrected chi connectivity index (χ2v) is 7.35. The third kappa shape index (κ3) is 4.08. The van der Waals surface area contributed by atoms with Crippen molar-refractivity contribution in [1.82, 2.24) is 15.1 Å². The first-order valence-electron chi connectivity index (χ1n) is 9.50. The number of carbonyl (C=O) groups excluding carboxylic acids is 3. The van der Waals surface area contributed by atoms with Crippen LogP contribution in [-0.4, -0.2) is 59.7 Å². The summed E-state index contributed by atoms with van der Waals surface area (Å²) < 4.78 is 0. The predicted octanol–water partition coefficient (Wildman–Crippen LogP) is 1.30. The van der Waals surface area contributed by atoms with Gasteiger partial charge in [0.1, 0.15) is 0 Å². The summed E-state index contributed by atoms with van der Waals surface area (Å²) in [6, 6.07) is 0.322. The highest BCUT2D eigenvalue weighted by atomic mass is 16.2. The van der Waals surface area contributed by atoms with Crippen molar-refractivity contribution in [3.63, 3.8) is 0 Å². The lowest BCUT2D eigenvalue weighted by Gasteiger charge is -2.39. The number of piperidine rings is 1. The molecule has 0 unspecified atom stereocenters. The molecule has 1 aliphatic carbocycles. The molecule has 134 valence electrons. The zero-order chi connectivity index (χ0) is 16.9. The van der Waals surface area contributed by atoms with Crippen molar-refractivity contribution >= 4 is 17.7 Å². The highest BCUT2D eigenvalue weighted by molar-refractivity contribution is 5.85. The maximum Gasteiger partial charge on any atom is 0.227 e. The summed E-state index contributed by atoms with van der Waals surface area (Å²) in [4.78, 5) is 40.5. The molecule has 3 amide bonds. The van der Waals surface area contributed by atoms with Crippen LogP contribution in [0.4, 0.5) is 0 Å². The van der Waals surface area contributed by atoms with Crippen LogP contribution < -0.4 is 5.32 Å². The minimum Gasteiger partial charge on any atom is -0.354 e. The van der Waals surface area contributed by atoms with Crippen LogP contribution in [-0.2, 0) is 14.4 Å². The molecule has 3 aliphatic rings. The number of carbonyl (C=O) groups is 3. The molecular formula is C18H29N3O3. The Labute approximate surface area is 143 Å². The number of hydrogen-bond acceptors (Lipinski definition) is 3. The summed E-state index contributed by atoms with van der Waals surface area (Å²) in [7, 11) is 0. The molecule has 0 aromatic rings. The quantitative estimate of drug-likeness (QED) is 0.773. The van der Waals surface area contributed by atoms with E-state index < -0.39 is 0 Å². The van der Waals surface area contributed by atoms with Crippen LogP contribution in [0.3, 0.4) is 0 Å². The van der Waals surface area contributed by atoms with Crippen LogP contribution >= 0.6 is 0 Å².